The molecule has 1 aromatic carbocycles. The number of carbonyl (C=O) groups is 2. The molecule has 2 fully saturated rings. The average Bonchev–Trinajstić information content (AvgIpc) is 3.53. The number of nitrogens with zero attached hydrogens (tertiary/aromatic N) is 1. The van der Waals surface area contributed by atoms with Crippen LogP contribution in [0, 0.1) is 11.8 Å². The minimum atomic E-state index is -0.0183. The van der Waals surface area contributed by atoms with E-state index in [1.807, 2.05) is 18.2 Å². The van der Waals surface area contributed by atoms with Crippen molar-refractivity contribution in [3.05, 3.63) is 23.8 Å². The second kappa shape index (κ2) is 10.1. The van der Waals surface area contributed by atoms with Crippen molar-refractivity contribution in [3.8, 4) is 0 Å². The standard InChI is InChI=1S/C24H37N3O2/c1-4-6-7-18(5-2)23(28)26-20-10-11-22(27-14-12-17(3)13-15-27)21(16-20)24(29)25-19-8-9-19/h10-11,16-19H,4-9,12-15H2,1-3H3,(H,25,29)(H,26,28)/t18-/m0/s1. The molecular weight excluding hydrogens is 362 g/mol. The van der Waals surface area contributed by atoms with E-state index >= 15 is 0 Å². The summed E-state index contributed by atoms with van der Waals surface area (Å²) < 4.78 is 0. The Morgan fingerprint density at radius 1 is 1.14 bits per heavy atom. The molecule has 1 aromatic rings. The summed E-state index contributed by atoms with van der Waals surface area (Å²) in [5.41, 5.74) is 2.40. The first-order valence-electron chi connectivity index (χ1n) is 11.5. The van der Waals surface area contributed by atoms with Gasteiger partial charge in [-0.25, -0.2) is 0 Å². The van der Waals surface area contributed by atoms with E-state index < -0.39 is 0 Å². The van der Waals surface area contributed by atoms with Crippen molar-refractivity contribution in [1.29, 1.82) is 0 Å². The van der Waals surface area contributed by atoms with Gasteiger partial charge in [0.2, 0.25) is 5.91 Å². The largest absolute Gasteiger partial charge is 0.371 e. The number of carbonyl (C=O) groups excluding carboxylic acids is 2. The van der Waals surface area contributed by atoms with Gasteiger partial charge in [-0.15, -0.1) is 0 Å². The van der Waals surface area contributed by atoms with Crippen molar-refractivity contribution in [2.45, 2.75) is 78.2 Å². The van der Waals surface area contributed by atoms with Gasteiger partial charge in [0.1, 0.15) is 0 Å². The van der Waals surface area contributed by atoms with Gasteiger partial charge in [-0.1, -0.05) is 33.6 Å². The fraction of sp³-hybridized carbons (Fsp3) is 0.667. The van der Waals surface area contributed by atoms with Gasteiger partial charge < -0.3 is 15.5 Å². The lowest BCUT2D eigenvalue weighted by atomic mass is 9.97. The van der Waals surface area contributed by atoms with Gasteiger partial charge >= 0.3 is 0 Å². The lowest BCUT2D eigenvalue weighted by Crippen LogP contribution is -2.35. The first kappa shape index (κ1) is 21.7. The quantitative estimate of drug-likeness (QED) is 0.616. The predicted molar refractivity (Wildman–Crippen MR) is 119 cm³/mol. The Hall–Kier alpha value is -2.04. The maximum absolute atomic E-state index is 12.9. The van der Waals surface area contributed by atoms with Crippen LogP contribution in [0.1, 0.15) is 82.5 Å². The highest BCUT2D eigenvalue weighted by Gasteiger charge is 2.27. The third kappa shape index (κ3) is 5.97. The molecule has 5 heteroatoms. The van der Waals surface area contributed by atoms with Crippen LogP contribution >= 0.6 is 0 Å². The maximum Gasteiger partial charge on any atom is 0.253 e. The summed E-state index contributed by atoms with van der Waals surface area (Å²) in [7, 11) is 0. The zero-order valence-electron chi connectivity index (χ0n) is 18.3. The molecule has 160 valence electrons. The summed E-state index contributed by atoms with van der Waals surface area (Å²) in [5.74, 6) is 0.814. The van der Waals surface area contributed by atoms with Crippen molar-refractivity contribution >= 4 is 23.2 Å². The van der Waals surface area contributed by atoms with E-state index in [1.54, 1.807) is 0 Å². The molecule has 1 heterocycles. The molecule has 2 aliphatic rings. The molecule has 0 aromatic heterocycles. The van der Waals surface area contributed by atoms with Crippen LogP contribution in [0.4, 0.5) is 11.4 Å². The van der Waals surface area contributed by atoms with Crippen LogP contribution in [-0.2, 0) is 4.79 Å². The highest BCUT2D eigenvalue weighted by molar-refractivity contribution is 6.02. The average molecular weight is 400 g/mol. The number of amides is 2. The van der Waals surface area contributed by atoms with Crippen LogP contribution in [0.25, 0.3) is 0 Å². The monoisotopic (exact) mass is 399 g/mol. The summed E-state index contributed by atoms with van der Waals surface area (Å²) >= 11 is 0. The van der Waals surface area contributed by atoms with Gasteiger partial charge in [0, 0.05) is 36.4 Å². The van der Waals surface area contributed by atoms with E-state index in [9.17, 15) is 9.59 Å². The van der Waals surface area contributed by atoms with Gasteiger partial charge in [-0.05, 0) is 62.6 Å². The van der Waals surface area contributed by atoms with Crippen LogP contribution < -0.4 is 15.5 Å². The molecule has 0 radical (unpaired) electrons. The maximum atomic E-state index is 12.9. The summed E-state index contributed by atoms with van der Waals surface area (Å²) in [6, 6.07) is 6.15. The minimum absolute atomic E-state index is 0.0183. The first-order chi connectivity index (χ1) is 14.0. The zero-order valence-corrected chi connectivity index (χ0v) is 18.3. The van der Waals surface area contributed by atoms with Crippen LogP contribution in [0.2, 0.25) is 0 Å². The summed E-state index contributed by atoms with van der Waals surface area (Å²) in [5, 5.41) is 6.19. The Labute approximate surface area is 175 Å². The molecule has 5 nitrogen and oxygen atoms in total. The highest BCUT2D eigenvalue weighted by Crippen LogP contribution is 2.30. The molecule has 0 spiro atoms. The molecule has 0 unspecified atom stereocenters. The third-order valence-electron chi connectivity index (χ3n) is 6.32. The summed E-state index contributed by atoms with van der Waals surface area (Å²) in [6.45, 7) is 8.46. The van der Waals surface area contributed by atoms with Gasteiger partial charge in [-0.3, -0.25) is 9.59 Å². The number of unbranched alkanes of at least 4 members (excludes halogenated alkanes) is 1. The molecule has 2 N–H and O–H groups in total. The van der Waals surface area contributed by atoms with E-state index in [-0.39, 0.29) is 17.7 Å². The van der Waals surface area contributed by atoms with E-state index in [4.69, 9.17) is 0 Å². The number of piperidine rings is 1. The smallest absolute Gasteiger partial charge is 0.253 e. The Balaban J connectivity index is 1.77. The summed E-state index contributed by atoms with van der Waals surface area (Å²) in [4.78, 5) is 28.0. The van der Waals surface area contributed by atoms with E-state index in [2.05, 4.69) is 36.3 Å². The lowest BCUT2D eigenvalue weighted by Gasteiger charge is -2.33. The van der Waals surface area contributed by atoms with Crippen LogP contribution in [0.3, 0.4) is 0 Å². The molecule has 1 saturated heterocycles. The van der Waals surface area contributed by atoms with E-state index in [0.29, 0.717) is 11.6 Å². The lowest BCUT2D eigenvalue weighted by molar-refractivity contribution is -0.120. The zero-order chi connectivity index (χ0) is 20.8. The number of hydrogen-bond donors (Lipinski definition) is 2. The summed E-state index contributed by atoms with van der Waals surface area (Å²) in [6.07, 6.45) is 8.34. The second-order valence-corrected chi connectivity index (χ2v) is 8.89. The van der Waals surface area contributed by atoms with Crippen molar-refractivity contribution < 1.29 is 9.59 Å². The third-order valence-corrected chi connectivity index (χ3v) is 6.32. The fourth-order valence-electron chi connectivity index (χ4n) is 4.03. The molecular formula is C24H37N3O2. The topological polar surface area (TPSA) is 61.4 Å². The Bertz CT molecular complexity index is 706. The molecule has 1 aliphatic carbocycles. The normalized spacial score (nSPS) is 18.4. The Morgan fingerprint density at radius 2 is 1.86 bits per heavy atom. The molecule has 2 amide bonds. The van der Waals surface area contributed by atoms with Gasteiger partial charge in [0.05, 0.1) is 5.56 Å². The first-order valence-corrected chi connectivity index (χ1v) is 11.5. The molecule has 3 rings (SSSR count). The van der Waals surface area contributed by atoms with Crippen LogP contribution in [-0.4, -0.2) is 30.9 Å². The Morgan fingerprint density at radius 3 is 2.48 bits per heavy atom. The molecule has 1 atom stereocenters. The van der Waals surface area contributed by atoms with Crippen molar-refractivity contribution in [1.82, 2.24) is 5.32 Å². The molecule has 0 bridgehead atoms. The Kier molecular flexibility index (Phi) is 7.57. The number of rotatable bonds is 9. The van der Waals surface area contributed by atoms with E-state index in [0.717, 1.165) is 81.7 Å². The molecule has 1 aliphatic heterocycles. The molecule has 29 heavy (non-hydrogen) atoms. The van der Waals surface area contributed by atoms with Crippen molar-refractivity contribution in [2.24, 2.45) is 11.8 Å². The van der Waals surface area contributed by atoms with Gasteiger partial charge in [0.15, 0.2) is 0 Å². The molecule has 1 saturated carbocycles. The van der Waals surface area contributed by atoms with Crippen molar-refractivity contribution in [2.75, 3.05) is 23.3 Å². The highest BCUT2D eigenvalue weighted by atomic mass is 16.2. The van der Waals surface area contributed by atoms with Crippen LogP contribution in [0.5, 0.6) is 0 Å². The predicted octanol–water partition coefficient (Wildman–Crippen LogP) is 4.97. The number of nitrogens with one attached hydrogen (secondary N) is 2. The van der Waals surface area contributed by atoms with Crippen LogP contribution in [0.15, 0.2) is 18.2 Å². The van der Waals surface area contributed by atoms with Crippen molar-refractivity contribution in [3.63, 3.8) is 0 Å². The fourth-order valence-corrected chi connectivity index (χ4v) is 4.03. The SMILES string of the molecule is CCCC[C@H](CC)C(=O)Nc1ccc(N2CCC(C)CC2)c(C(=O)NC2CC2)c1. The number of anilines is 2. The van der Waals surface area contributed by atoms with E-state index in [1.165, 1.54) is 0 Å². The van der Waals surface area contributed by atoms with Gasteiger partial charge in [0.25, 0.3) is 5.91 Å². The second-order valence-electron chi connectivity index (χ2n) is 8.89. The van der Waals surface area contributed by atoms with Gasteiger partial charge in [-0.2, -0.15) is 0 Å². The number of benzene rings is 1. The minimum Gasteiger partial charge on any atom is -0.371 e. The number of hydrogen-bond acceptors (Lipinski definition) is 3.